The van der Waals surface area contributed by atoms with E-state index in [0.29, 0.717) is 0 Å². The van der Waals surface area contributed by atoms with Crippen LogP contribution in [0.3, 0.4) is 0 Å². The first-order valence-electron chi connectivity index (χ1n) is 9.49. The highest BCUT2D eigenvalue weighted by atomic mass is 28.3. The van der Waals surface area contributed by atoms with Crippen LogP contribution in [-0.4, -0.2) is 20.6 Å². The molecule has 0 aliphatic carbocycles. The zero-order chi connectivity index (χ0) is 20.7. The van der Waals surface area contributed by atoms with Crippen LogP contribution in [0.4, 0.5) is 0 Å². The summed E-state index contributed by atoms with van der Waals surface area (Å²) in [6.07, 6.45) is 2.45. The Hall–Kier alpha value is -1.85. The molecule has 1 unspecified atom stereocenters. The number of ether oxygens (including phenoxy) is 1. The molecule has 1 aromatic heterocycles. The predicted octanol–water partition coefficient (Wildman–Crippen LogP) is 4.81. The average Bonchev–Trinajstić information content (AvgIpc) is 3.06. The topological polar surface area (TPSA) is 65.5 Å². The number of hydrogen-bond donors (Lipinski definition) is 1. The van der Waals surface area contributed by atoms with Crippen molar-refractivity contribution in [1.82, 2.24) is 0 Å². The van der Waals surface area contributed by atoms with Crippen LogP contribution in [0.5, 0.6) is 0 Å². The lowest BCUT2D eigenvalue weighted by Gasteiger charge is -2.34. The molecule has 4 nitrogen and oxygen atoms in total. The fraction of sp³-hybridized carbons (Fsp3) is 0.500. The normalized spacial score (nSPS) is 12.7. The minimum atomic E-state index is -1.65. The Morgan fingerprint density at radius 3 is 2.30 bits per heavy atom. The van der Waals surface area contributed by atoms with E-state index in [1.54, 1.807) is 6.26 Å². The second kappa shape index (κ2) is 9.90. The Kier molecular flexibility index (Phi) is 8.50. The van der Waals surface area contributed by atoms with Crippen molar-refractivity contribution in [3.05, 3.63) is 53.8 Å². The van der Waals surface area contributed by atoms with Gasteiger partial charge < -0.3 is 14.9 Å². The summed E-state index contributed by atoms with van der Waals surface area (Å²) in [5.74, 6) is -0.266. The predicted molar refractivity (Wildman–Crippen MR) is 115 cm³/mol. The van der Waals surface area contributed by atoms with Crippen molar-refractivity contribution in [3.63, 3.8) is 0 Å². The maximum atomic E-state index is 10.9. The van der Waals surface area contributed by atoms with Crippen molar-refractivity contribution >= 4 is 19.4 Å². The van der Waals surface area contributed by atoms with Crippen molar-refractivity contribution in [1.29, 1.82) is 0 Å². The Morgan fingerprint density at radius 1 is 1.22 bits per heavy atom. The highest BCUT2D eigenvalue weighted by Crippen LogP contribution is 2.36. The lowest BCUT2D eigenvalue weighted by atomic mass is 10.2. The Morgan fingerprint density at radius 2 is 1.81 bits per heavy atom. The van der Waals surface area contributed by atoms with Crippen LogP contribution in [0.15, 0.2) is 47.1 Å². The van der Waals surface area contributed by atoms with E-state index in [4.69, 9.17) is 14.9 Å². The van der Waals surface area contributed by atoms with E-state index in [1.165, 1.54) is 12.5 Å². The summed E-state index contributed by atoms with van der Waals surface area (Å²) in [6.45, 7) is 15.4. The van der Waals surface area contributed by atoms with E-state index in [2.05, 4.69) is 46.0 Å². The Labute approximate surface area is 165 Å². The minimum absolute atomic E-state index is 0.229. The maximum Gasteiger partial charge on any atom is 0.303 e. The first kappa shape index (κ1) is 23.2. The molecule has 0 saturated heterocycles. The molecule has 0 bridgehead atoms. The molecule has 5 heteroatoms. The first-order valence-corrected chi connectivity index (χ1v) is 12.5. The fourth-order valence-corrected chi connectivity index (χ4v) is 4.01. The van der Waals surface area contributed by atoms with E-state index >= 15 is 0 Å². The summed E-state index contributed by atoms with van der Waals surface area (Å²) in [6, 6.07) is 12.3. The van der Waals surface area contributed by atoms with Crippen molar-refractivity contribution in [2.24, 2.45) is 5.73 Å². The van der Waals surface area contributed by atoms with Gasteiger partial charge in [0.05, 0.1) is 11.6 Å². The molecule has 0 amide bonds. The standard InChI is InChI=1S/C14H24O3Si.C8H11N/c1-10(17-11(2)15)12-8-13(16-9-12)18(6,7)14(3,4)5;9-7-6-8-4-2-1-3-5-8/h8-10H,1-7H3;1-5H,6-7,9H2. The van der Waals surface area contributed by atoms with E-state index in [-0.39, 0.29) is 17.1 Å². The molecule has 0 fully saturated rings. The summed E-state index contributed by atoms with van der Waals surface area (Å²) < 4.78 is 10.9. The number of rotatable bonds is 5. The molecule has 0 spiro atoms. The van der Waals surface area contributed by atoms with Crippen molar-refractivity contribution in [2.75, 3.05) is 6.54 Å². The van der Waals surface area contributed by atoms with Gasteiger partial charge in [0.1, 0.15) is 14.2 Å². The Bertz CT molecular complexity index is 702. The number of carbonyl (C=O) groups excluding carboxylic acids is 1. The number of nitrogens with two attached hydrogens (primary N) is 1. The smallest absolute Gasteiger partial charge is 0.303 e. The number of hydrogen-bond acceptors (Lipinski definition) is 4. The number of benzene rings is 1. The molecular weight excluding hydrogens is 354 g/mol. The molecule has 0 aliphatic heterocycles. The summed E-state index contributed by atoms with van der Waals surface area (Å²) in [5.41, 5.74) is 7.62. The lowest BCUT2D eigenvalue weighted by Crippen LogP contribution is -2.48. The van der Waals surface area contributed by atoms with Crippen LogP contribution < -0.4 is 11.1 Å². The van der Waals surface area contributed by atoms with Crippen LogP contribution in [0.1, 0.15) is 51.8 Å². The molecule has 27 heavy (non-hydrogen) atoms. The van der Waals surface area contributed by atoms with Crippen molar-refractivity contribution in [3.8, 4) is 0 Å². The van der Waals surface area contributed by atoms with Gasteiger partial charge in [0.15, 0.2) is 0 Å². The van der Waals surface area contributed by atoms with Gasteiger partial charge in [-0.25, -0.2) is 0 Å². The third-order valence-electron chi connectivity index (χ3n) is 5.20. The number of carbonyl (C=O) groups is 1. The van der Waals surface area contributed by atoms with Gasteiger partial charge in [-0.3, -0.25) is 4.79 Å². The fourth-order valence-electron chi connectivity index (χ4n) is 2.39. The summed E-state index contributed by atoms with van der Waals surface area (Å²) in [4.78, 5) is 10.9. The molecule has 0 radical (unpaired) electrons. The van der Waals surface area contributed by atoms with E-state index < -0.39 is 8.07 Å². The monoisotopic (exact) mass is 389 g/mol. The number of furan rings is 1. The summed E-state index contributed by atoms with van der Waals surface area (Å²) >= 11 is 0. The van der Waals surface area contributed by atoms with Crippen LogP contribution in [0.2, 0.25) is 18.1 Å². The SMILES string of the molecule is CC(=O)OC(C)c1coc([Si](C)(C)C(C)(C)C)c1.NCCc1ccccc1. The second-order valence-corrected chi connectivity index (χ2v) is 13.6. The number of esters is 1. The van der Waals surface area contributed by atoms with Gasteiger partial charge in [0, 0.05) is 12.5 Å². The molecular formula is C22H35NO3Si. The van der Waals surface area contributed by atoms with Crippen LogP contribution in [0, 0.1) is 0 Å². The average molecular weight is 390 g/mol. The van der Waals surface area contributed by atoms with E-state index in [9.17, 15) is 4.79 Å². The molecule has 1 heterocycles. The lowest BCUT2D eigenvalue weighted by molar-refractivity contribution is -0.145. The van der Waals surface area contributed by atoms with Gasteiger partial charge in [-0.2, -0.15) is 0 Å². The van der Waals surface area contributed by atoms with Crippen molar-refractivity contribution < 1.29 is 13.9 Å². The maximum absolute atomic E-state index is 10.9. The zero-order valence-corrected chi connectivity index (χ0v) is 18.8. The molecule has 1 atom stereocenters. The van der Waals surface area contributed by atoms with Gasteiger partial charge in [-0.1, -0.05) is 64.2 Å². The van der Waals surface area contributed by atoms with Crippen LogP contribution in [-0.2, 0) is 16.0 Å². The zero-order valence-electron chi connectivity index (χ0n) is 17.8. The first-order chi connectivity index (χ1) is 12.5. The van der Waals surface area contributed by atoms with Gasteiger partial charge in [-0.05, 0) is 36.6 Å². The van der Waals surface area contributed by atoms with Crippen LogP contribution in [0.25, 0.3) is 0 Å². The summed E-state index contributed by atoms with van der Waals surface area (Å²) in [5, 5.41) is 1.29. The Balaban J connectivity index is 0.000000337. The molecule has 2 N–H and O–H groups in total. The quantitative estimate of drug-likeness (QED) is 0.589. The second-order valence-electron chi connectivity index (χ2n) is 8.40. The van der Waals surface area contributed by atoms with E-state index in [1.807, 2.05) is 31.2 Å². The van der Waals surface area contributed by atoms with Gasteiger partial charge >= 0.3 is 5.97 Å². The molecule has 2 aromatic rings. The molecule has 150 valence electrons. The third kappa shape index (κ3) is 7.00. The largest absolute Gasteiger partial charge is 0.474 e. The highest BCUT2D eigenvalue weighted by Gasteiger charge is 2.40. The minimum Gasteiger partial charge on any atom is -0.474 e. The van der Waals surface area contributed by atoms with Gasteiger partial charge in [0.25, 0.3) is 0 Å². The van der Waals surface area contributed by atoms with Crippen LogP contribution >= 0.6 is 0 Å². The van der Waals surface area contributed by atoms with Gasteiger partial charge in [-0.15, -0.1) is 0 Å². The molecule has 0 aliphatic rings. The third-order valence-corrected chi connectivity index (χ3v) is 10.4. The highest BCUT2D eigenvalue weighted by molar-refractivity contribution is 6.91. The molecule has 1 aromatic carbocycles. The van der Waals surface area contributed by atoms with E-state index in [0.717, 1.165) is 23.9 Å². The van der Waals surface area contributed by atoms with Gasteiger partial charge in [0.2, 0.25) is 0 Å². The summed E-state index contributed by atoms with van der Waals surface area (Å²) in [7, 11) is -1.65. The van der Waals surface area contributed by atoms with Crippen molar-refractivity contribution in [2.45, 2.75) is 65.3 Å². The molecule has 0 saturated carbocycles. The molecule has 2 rings (SSSR count).